The van der Waals surface area contributed by atoms with Gasteiger partial charge in [-0.05, 0) is 39.0 Å². The zero-order chi connectivity index (χ0) is 24.2. The summed E-state index contributed by atoms with van der Waals surface area (Å²) in [7, 11) is 4.00. The van der Waals surface area contributed by atoms with Crippen LogP contribution in [0.3, 0.4) is 0 Å². The molecule has 0 N–H and O–H groups in total. The molecule has 0 fully saturated rings. The van der Waals surface area contributed by atoms with Crippen molar-refractivity contribution in [2.75, 3.05) is 28.8 Å². The molecule has 0 amide bonds. The van der Waals surface area contributed by atoms with Crippen molar-refractivity contribution in [3.8, 4) is 11.4 Å². The first-order chi connectivity index (χ1) is 17.1. The van der Waals surface area contributed by atoms with E-state index >= 15 is 0 Å². The average molecular weight is 651 g/mol. The van der Waals surface area contributed by atoms with Gasteiger partial charge in [-0.3, -0.25) is 0 Å². The smallest absolute Gasteiger partial charge is 0.161 e. The Morgan fingerprint density at radius 3 is 2.14 bits per heavy atom. The van der Waals surface area contributed by atoms with Crippen molar-refractivity contribution in [2.24, 2.45) is 0 Å². The van der Waals surface area contributed by atoms with Gasteiger partial charge in [-0.1, -0.05) is 24.3 Å². The van der Waals surface area contributed by atoms with E-state index < -0.39 is 0 Å². The summed E-state index contributed by atoms with van der Waals surface area (Å²) in [5.41, 5.74) is 5.24. The minimum absolute atomic E-state index is 0. The normalized spacial score (nSPS) is 13.8. The predicted molar refractivity (Wildman–Crippen MR) is 141 cm³/mol. The largest absolute Gasteiger partial charge is 0.510 e. The van der Waals surface area contributed by atoms with E-state index in [1.807, 2.05) is 121 Å². The first-order valence-corrected chi connectivity index (χ1v) is 11.4. The summed E-state index contributed by atoms with van der Waals surface area (Å²) >= 11 is 0. The summed E-state index contributed by atoms with van der Waals surface area (Å²) in [6.45, 7) is 6.09. The third kappa shape index (κ3) is 5.43. The van der Waals surface area contributed by atoms with Gasteiger partial charge in [-0.2, -0.15) is 74.0 Å². The molecule has 0 bridgehead atoms. The maximum absolute atomic E-state index is 4.77. The second kappa shape index (κ2) is 11.4. The molecule has 0 unspecified atom stereocenters. The second-order valence-corrected chi connectivity index (χ2v) is 8.30. The van der Waals surface area contributed by atoms with Crippen LogP contribution in [-0.4, -0.2) is 29.0 Å². The van der Waals surface area contributed by atoms with Crippen LogP contribution in [-0.2, 0) is 20.1 Å². The fourth-order valence-electron chi connectivity index (χ4n) is 3.90. The molecule has 0 spiro atoms. The van der Waals surface area contributed by atoms with E-state index in [2.05, 4.69) is 41.1 Å². The summed E-state index contributed by atoms with van der Waals surface area (Å²) in [5, 5.41) is 0. The number of fused-ring (bicyclic) bond motifs is 1. The Hall–Kier alpha value is -3.67. The van der Waals surface area contributed by atoms with Crippen LogP contribution in [0.5, 0.6) is 0 Å². The number of benzene rings is 3. The Labute approximate surface area is 226 Å². The van der Waals surface area contributed by atoms with Crippen molar-refractivity contribution in [1.82, 2.24) is 14.9 Å². The number of aromatic nitrogens is 2. The van der Waals surface area contributed by atoms with Crippen LogP contribution in [0.4, 0.5) is 22.9 Å². The minimum Gasteiger partial charge on any atom is -0.510 e. The first-order valence-electron chi connectivity index (χ1n) is 11.4. The molecule has 0 atom stereocenters. The van der Waals surface area contributed by atoms with Crippen molar-refractivity contribution < 1.29 is 20.1 Å². The van der Waals surface area contributed by atoms with E-state index in [4.69, 9.17) is 4.98 Å². The van der Waals surface area contributed by atoms with Gasteiger partial charge in [0.2, 0.25) is 0 Å². The van der Waals surface area contributed by atoms with Gasteiger partial charge in [0.15, 0.2) is 5.82 Å². The van der Waals surface area contributed by atoms with Gasteiger partial charge in [-0.15, -0.1) is 11.4 Å². The standard InChI is InChI=1S/C19H16N4.C10H10N2.Ir/c1-14-8-6-7-11-16(14)18-20-12-17-19(21-18)22(2)13-23(17)15-9-4-3-5-10-15;1-11-7-8-12(9-11)10-5-3-2-4-6-10;/h3-9,11-13H,1-2H3;2-5,7-9H,1H3;/q2*-2;. The third-order valence-electron chi connectivity index (χ3n) is 5.71. The summed E-state index contributed by atoms with van der Waals surface area (Å²) in [6.07, 6.45) is 5.89. The average Bonchev–Trinajstić information content (AvgIpc) is 3.49. The Bertz CT molecular complexity index is 1310. The summed E-state index contributed by atoms with van der Waals surface area (Å²) in [5.74, 6) is 1.65. The van der Waals surface area contributed by atoms with E-state index in [0.29, 0.717) is 0 Å². The summed E-state index contributed by atoms with van der Waals surface area (Å²) in [4.78, 5) is 17.4. The zero-order valence-electron chi connectivity index (χ0n) is 20.3. The SMILES string of the molecule is CN1C=CN(c2[c-]cccc2)[CH-]1.Cc1ccccc1-c1ncc2c(n1)N(C)[CH-]N2c1[c-]cccc1.[Ir]. The van der Waals surface area contributed by atoms with Crippen LogP contribution in [0, 0.1) is 32.4 Å². The maximum atomic E-state index is 4.77. The monoisotopic (exact) mass is 651 g/mol. The van der Waals surface area contributed by atoms with E-state index in [1.165, 1.54) is 5.56 Å². The van der Waals surface area contributed by atoms with Crippen LogP contribution in [0.25, 0.3) is 11.4 Å². The molecule has 0 saturated carbocycles. The van der Waals surface area contributed by atoms with Gasteiger partial charge in [0.1, 0.15) is 5.82 Å². The predicted octanol–water partition coefficient (Wildman–Crippen LogP) is 5.79. The van der Waals surface area contributed by atoms with Gasteiger partial charge < -0.3 is 19.6 Å². The Morgan fingerprint density at radius 2 is 1.50 bits per heavy atom. The molecular weight excluding hydrogens is 625 g/mol. The number of para-hydroxylation sites is 2. The Morgan fingerprint density at radius 1 is 0.806 bits per heavy atom. The molecule has 6 rings (SSSR count). The van der Waals surface area contributed by atoms with Crippen molar-refractivity contribution in [3.63, 3.8) is 0 Å². The van der Waals surface area contributed by atoms with Gasteiger partial charge in [-0.25, -0.2) is 9.97 Å². The topological polar surface area (TPSA) is 38.7 Å². The third-order valence-corrected chi connectivity index (χ3v) is 5.71. The number of nitrogens with zero attached hydrogens (tertiary/aromatic N) is 6. The maximum Gasteiger partial charge on any atom is 0.161 e. The quantitative estimate of drug-likeness (QED) is 0.262. The van der Waals surface area contributed by atoms with Gasteiger partial charge in [0.05, 0.1) is 11.9 Å². The molecule has 0 saturated heterocycles. The molecule has 7 heteroatoms. The van der Waals surface area contributed by atoms with Crippen molar-refractivity contribution in [2.45, 2.75) is 6.92 Å². The van der Waals surface area contributed by atoms with Crippen LogP contribution >= 0.6 is 0 Å². The van der Waals surface area contributed by atoms with Gasteiger partial charge in [0, 0.05) is 25.7 Å². The molecular formula is C29H26IrN6-4. The molecule has 1 radical (unpaired) electrons. The van der Waals surface area contributed by atoms with Crippen molar-refractivity contribution in [1.29, 1.82) is 0 Å². The molecule has 3 aromatic carbocycles. The molecule has 185 valence electrons. The van der Waals surface area contributed by atoms with Crippen molar-refractivity contribution >= 4 is 22.9 Å². The van der Waals surface area contributed by atoms with Crippen molar-refractivity contribution in [3.05, 3.63) is 122 Å². The van der Waals surface area contributed by atoms with E-state index in [9.17, 15) is 0 Å². The fourth-order valence-corrected chi connectivity index (χ4v) is 3.90. The number of hydrogen-bond donors (Lipinski definition) is 0. The number of hydrogen-bond acceptors (Lipinski definition) is 6. The van der Waals surface area contributed by atoms with Gasteiger partial charge in [0.25, 0.3) is 0 Å². The fraction of sp³-hybridized carbons (Fsp3) is 0.103. The molecule has 0 aliphatic carbocycles. The first kappa shape index (κ1) is 25.4. The summed E-state index contributed by atoms with van der Waals surface area (Å²) < 4.78 is 0. The molecule has 4 aromatic rings. The number of rotatable bonds is 3. The number of anilines is 4. The number of aryl methyl sites for hydroxylation is 1. The molecule has 2 aliphatic heterocycles. The van der Waals surface area contributed by atoms with Gasteiger partial charge >= 0.3 is 0 Å². The van der Waals surface area contributed by atoms with Crippen LogP contribution in [0.2, 0.25) is 0 Å². The molecule has 3 heterocycles. The van der Waals surface area contributed by atoms with E-state index in [1.54, 1.807) is 0 Å². The van der Waals surface area contributed by atoms with Crippen LogP contribution in [0.15, 0.2) is 91.4 Å². The Balaban J connectivity index is 0.000000198. The Kier molecular flexibility index (Phi) is 8.03. The van der Waals surface area contributed by atoms with Crippen LogP contribution in [0.1, 0.15) is 5.56 Å². The summed E-state index contributed by atoms with van der Waals surface area (Å²) in [6, 6.07) is 30.4. The molecule has 2 aliphatic rings. The minimum atomic E-state index is 0. The zero-order valence-corrected chi connectivity index (χ0v) is 22.7. The molecule has 1 aromatic heterocycles. The molecule has 36 heavy (non-hydrogen) atoms. The van der Waals surface area contributed by atoms with E-state index in [0.717, 1.165) is 34.3 Å². The molecule has 6 nitrogen and oxygen atoms in total. The second-order valence-electron chi connectivity index (χ2n) is 8.30. The van der Waals surface area contributed by atoms with Crippen LogP contribution < -0.4 is 14.7 Å². The van der Waals surface area contributed by atoms with E-state index in [-0.39, 0.29) is 20.1 Å².